The predicted molar refractivity (Wildman–Crippen MR) is 97.8 cm³/mol. The van der Waals surface area contributed by atoms with Crippen molar-refractivity contribution in [2.24, 2.45) is 5.92 Å². The Balaban J connectivity index is 1.34. The lowest BCUT2D eigenvalue weighted by Crippen LogP contribution is -2.45. The van der Waals surface area contributed by atoms with Gasteiger partial charge >= 0.3 is 0 Å². The van der Waals surface area contributed by atoms with Crippen LogP contribution < -0.4 is 5.32 Å². The SMILES string of the molecule is CN1CCN(CCCN[C@H]2CCC[C@@H]2Cc2ccccc2)CC1. The highest BCUT2D eigenvalue weighted by atomic mass is 15.2. The van der Waals surface area contributed by atoms with Crippen LogP contribution >= 0.6 is 0 Å². The van der Waals surface area contributed by atoms with Gasteiger partial charge in [0.05, 0.1) is 0 Å². The Morgan fingerprint density at radius 3 is 2.61 bits per heavy atom. The minimum atomic E-state index is 0.739. The highest BCUT2D eigenvalue weighted by Gasteiger charge is 2.26. The van der Waals surface area contributed by atoms with Gasteiger partial charge in [-0.3, -0.25) is 0 Å². The molecule has 3 heteroatoms. The Kier molecular flexibility index (Phi) is 6.49. The summed E-state index contributed by atoms with van der Waals surface area (Å²) in [5, 5.41) is 3.86. The summed E-state index contributed by atoms with van der Waals surface area (Å²) in [5.74, 6) is 0.834. The Morgan fingerprint density at radius 1 is 1.04 bits per heavy atom. The predicted octanol–water partition coefficient (Wildman–Crippen LogP) is 2.62. The zero-order chi connectivity index (χ0) is 15.9. The van der Waals surface area contributed by atoms with E-state index < -0.39 is 0 Å². The van der Waals surface area contributed by atoms with Crippen molar-refractivity contribution < 1.29 is 0 Å². The molecule has 1 aromatic rings. The lowest BCUT2D eigenvalue weighted by Gasteiger charge is -2.32. The normalized spacial score (nSPS) is 26.7. The van der Waals surface area contributed by atoms with Crippen LogP contribution in [0, 0.1) is 5.92 Å². The lowest BCUT2D eigenvalue weighted by molar-refractivity contribution is 0.152. The van der Waals surface area contributed by atoms with Crippen LogP contribution in [0.1, 0.15) is 31.2 Å². The van der Waals surface area contributed by atoms with Crippen molar-refractivity contribution in [1.82, 2.24) is 15.1 Å². The number of likely N-dealkylation sites (N-methyl/N-ethyl adjacent to an activating group) is 1. The summed E-state index contributed by atoms with van der Waals surface area (Å²) in [5.41, 5.74) is 1.50. The number of hydrogen-bond acceptors (Lipinski definition) is 3. The topological polar surface area (TPSA) is 18.5 Å². The first-order valence-electron chi connectivity index (χ1n) is 9.49. The molecular formula is C20H33N3. The fraction of sp³-hybridized carbons (Fsp3) is 0.700. The summed E-state index contributed by atoms with van der Waals surface area (Å²) in [7, 11) is 2.23. The largest absolute Gasteiger partial charge is 0.314 e. The van der Waals surface area contributed by atoms with Crippen LogP contribution in [0.4, 0.5) is 0 Å². The maximum atomic E-state index is 3.86. The van der Waals surface area contributed by atoms with Gasteiger partial charge in [-0.05, 0) is 57.3 Å². The summed E-state index contributed by atoms with van der Waals surface area (Å²) in [4.78, 5) is 5.05. The van der Waals surface area contributed by atoms with E-state index in [0.29, 0.717) is 0 Å². The Bertz CT molecular complexity index is 439. The van der Waals surface area contributed by atoms with Gasteiger partial charge in [-0.15, -0.1) is 0 Å². The smallest absolute Gasteiger partial charge is 0.0110 e. The molecule has 3 nitrogen and oxygen atoms in total. The second kappa shape index (κ2) is 8.81. The molecule has 1 saturated heterocycles. The molecule has 1 N–H and O–H groups in total. The molecule has 0 bridgehead atoms. The molecule has 0 spiro atoms. The van der Waals surface area contributed by atoms with Gasteiger partial charge in [0.1, 0.15) is 0 Å². The van der Waals surface area contributed by atoms with E-state index in [-0.39, 0.29) is 0 Å². The van der Waals surface area contributed by atoms with E-state index in [9.17, 15) is 0 Å². The molecule has 2 aliphatic rings. The fourth-order valence-corrected chi connectivity index (χ4v) is 4.13. The Morgan fingerprint density at radius 2 is 1.83 bits per heavy atom. The summed E-state index contributed by atoms with van der Waals surface area (Å²) >= 11 is 0. The van der Waals surface area contributed by atoms with Gasteiger partial charge in [-0.25, -0.2) is 0 Å². The van der Waals surface area contributed by atoms with E-state index in [1.165, 1.54) is 76.9 Å². The van der Waals surface area contributed by atoms with Gasteiger partial charge < -0.3 is 15.1 Å². The van der Waals surface area contributed by atoms with Gasteiger partial charge in [-0.2, -0.15) is 0 Å². The monoisotopic (exact) mass is 315 g/mol. The molecule has 3 rings (SSSR count). The molecule has 2 atom stereocenters. The first kappa shape index (κ1) is 16.9. The van der Waals surface area contributed by atoms with E-state index in [2.05, 4.69) is 52.5 Å². The van der Waals surface area contributed by atoms with Crippen LogP contribution in [0.5, 0.6) is 0 Å². The van der Waals surface area contributed by atoms with Crippen molar-refractivity contribution in [3.05, 3.63) is 35.9 Å². The second-order valence-electron chi connectivity index (χ2n) is 7.44. The summed E-state index contributed by atoms with van der Waals surface area (Å²) in [6.45, 7) is 7.40. The summed E-state index contributed by atoms with van der Waals surface area (Å²) < 4.78 is 0. The molecule has 23 heavy (non-hydrogen) atoms. The Hall–Kier alpha value is -0.900. The molecule has 1 saturated carbocycles. The molecule has 1 aliphatic carbocycles. The minimum absolute atomic E-state index is 0.739. The molecular weight excluding hydrogens is 282 g/mol. The second-order valence-corrected chi connectivity index (χ2v) is 7.44. The zero-order valence-corrected chi connectivity index (χ0v) is 14.7. The molecule has 128 valence electrons. The number of piperazine rings is 1. The van der Waals surface area contributed by atoms with Crippen LogP contribution in [-0.2, 0) is 6.42 Å². The summed E-state index contributed by atoms with van der Waals surface area (Å²) in [6.07, 6.45) is 6.69. The molecule has 0 radical (unpaired) electrons. The minimum Gasteiger partial charge on any atom is -0.314 e. The Labute approximate surface area is 142 Å². The quantitative estimate of drug-likeness (QED) is 0.780. The van der Waals surface area contributed by atoms with Crippen molar-refractivity contribution in [2.45, 2.75) is 38.1 Å². The van der Waals surface area contributed by atoms with Crippen molar-refractivity contribution in [1.29, 1.82) is 0 Å². The first-order chi connectivity index (χ1) is 11.3. The van der Waals surface area contributed by atoms with Crippen LogP contribution in [0.15, 0.2) is 30.3 Å². The van der Waals surface area contributed by atoms with Gasteiger partial charge in [0.15, 0.2) is 0 Å². The third kappa shape index (κ3) is 5.30. The van der Waals surface area contributed by atoms with E-state index >= 15 is 0 Å². The molecule has 1 heterocycles. The van der Waals surface area contributed by atoms with Crippen molar-refractivity contribution in [3.63, 3.8) is 0 Å². The van der Waals surface area contributed by atoms with Crippen LogP contribution in [0.2, 0.25) is 0 Å². The maximum absolute atomic E-state index is 3.86. The van der Waals surface area contributed by atoms with Gasteiger partial charge in [0.25, 0.3) is 0 Å². The van der Waals surface area contributed by atoms with Gasteiger partial charge in [0.2, 0.25) is 0 Å². The molecule has 2 fully saturated rings. The van der Waals surface area contributed by atoms with E-state index in [0.717, 1.165) is 12.0 Å². The summed E-state index contributed by atoms with van der Waals surface area (Å²) in [6, 6.07) is 11.8. The molecule has 1 aliphatic heterocycles. The van der Waals surface area contributed by atoms with E-state index in [4.69, 9.17) is 0 Å². The number of hydrogen-bond donors (Lipinski definition) is 1. The van der Waals surface area contributed by atoms with Crippen molar-refractivity contribution in [2.75, 3.05) is 46.3 Å². The number of benzene rings is 1. The highest BCUT2D eigenvalue weighted by Crippen LogP contribution is 2.28. The molecule has 1 aromatic carbocycles. The average molecular weight is 316 g/mol. The van der Waals surface area contributed by atoms with Gasteiger partial charge in [-0.1, -0.05) is 36.8 Å². The highest BCUT2D eigenvalue weighted by molar-refractivity contribution is 5.16. The first-order valence-corrected chi connectivity index (χ1v) is 9.49. The van der Waals surface area contributed by atoms with Crippen LogP contribution in [-0.4, -0.2) is 62.2 Å². The van der Waals surface area contributed by atoms with Crippen molar-refractivity contribution >= 4 is 0 Å². The lowest BCUT2D eigenvalue weighted by atomic mass is 9.94. The van der Waals surface area contributed by atoms with Crippen molar-refractivity contribution in [3.8, 4) is 0 Å². The maximum Gasteiger partial charge on any atom is 0.0110 e. The standard InChI is InChI=1S/C20H33N3/c1-22-13-15-23(16-14-22)12-6-11-21-20-10-5-9-19(20)17-18-7-3-2-4-8-18/h2-4,7-8,19-21H,5-6,9-17H2,1H3/t19-,20+/m1/s1. The zero-order valence-electron chi connectivity index (χ0n) is 14.7. The van der Waals surface area contributed by atoms with E-state index in [1.807, 2.05) is 0 Å². The number of nitrogens with zero attached hydrogens (tertiary/aromatic N) is 2. The number of nitrogens with one attached hydrogen (secondary N) is 1. The fourth-order valence-electron chi connectivity index (χ4n) is 4.13. The molecule has 0 aromatic heterocycles. The van der Waals surface area contributed by atoms with Gasteiger partial charge in [0, 0.05) is 32.2 Å². The van der Waals surface area contributed by atoms with Crippen LogP contribution in [0.3, 0.4) is 0 Å². The third-order valence-corrected chi connectivity index (χ3v) is 5.65. The van der Waals surface area contributed by atoms with Crippen LogP contribution in [0.25, 0.3) is 0 Å². The molecule has 0 amide bonds. The third-order valence-electron chi connectivity index (χ3n) is 5.65. The number of rotatable bonds is 7. The average Bonchev–Trinajstić information content (AvgIpc) is 3.01. The molecule has 0 unspecified atom stereocenters. The van der Waals surface area contributed by atoms with E-state index in [1.54, 1.807) is 0 Å².